The Labute approximate surface area is 408 Å². The number of rotatable bonds is 10. The second-order valence-corrected chi connectivity index (χ2v) is 19.8. The number of carbonyl (C=O) groups is 6. The van der Waals surface area contributed by atoms with Crippen LogP contribution in [0, 0.1) is 16.7 Å². The van der Waals surface area contributed by atoms with Crippen molar-refractivity contribution in [2.24, 2.45) is 16.7 Å². The number of hydrogen-bond donors (Lipinski definition) is 4. The molecular formula is C55H65NO14. The first-order valence-corrected chi connectivity index (χ1v) is 24.1. The third kappa shape index (κ3) is 9.86. The van der Waals surface area contributed by atoms with Gasteiger partial charge in [-0.2, -0.15) is 0 Å². The van der Waals surface area contributed by atoms with Gasteiger partial charge in [-0.15, -0.1) is 0 Å². The van der Waals surface area contributed by atoms with Crippen LogP contribution in [0.1, 0.15) is 125 Å². The molecule has 15 heteroatoms. The van der Waals surface area contributed by atoms with E-state index in [1.807, 2.05) is 0 Å². The number of aliphatic hydroxyl groups excluding tert-OH is 2. The zero-order chi connectivity index (χ0) is 50.6. The van der Waals surface area contributed by atoms with Crippen molar-refractivity contribution in [3.63, 3.8) is 0 Å². The van der Waals surface area contributed by atoms with E-state index in [0.717, 1.165) is 13.8 Å². The minimum Gasteiger partial charge on any atom is -0.456 e. The van der Waals surface area contributed by atoms with Gasteiger partial charge in [0, 0.05) is 37.7 Å². The summed E-state index contributed by atoms with van der Waals surface area (Å²) in [4.78, 5) is 83.5. The van der Waals surface area contributed by atoms with Crippen LogP contribution in [-0.2, 0) is 42.9 Å². The lowest BCUT2D eigenvalue weighted by molar-refractivity contribution is -0.346. The monoisotopic (exact) mass is 963 g/mol. The molecule has 4 N–H and O–H groups in total. The predicted octanol–water partition coefficient (Wildman–Crippen LogP) is 6.63. The normalized spacial score (nSPS) is 30.7. The van der Waals surface area contributed by atoms with E-state index in [1.54, 1.807) is 92.7 Å². The van der Waals surface area contributed by atoms with Gasteiger partial charge in [0.25, 0.3) is 5.91 Å². The summed E-state index contributed by atoms with van der Waals surface area (Å²) in [6, 6.07) is 22.9. The third-order valence-corrected chi connectivity index (χ3v) is 15.1. The molecule has 2 saturated carbocycles. The number of aliphatic hydroxyl groups is 3. The molecule has 15 nitrogen and oxygen atoms in total. The molecule has 1 saturated heterocycles. The third-order valence-electron chi connectivity index (χ3n) is 15.1. The molecular weight excluding hydrogens is 899 g/mol. The molecule has 0 spiro atoms. The molecule has 11 atom stereocenters. The molecule has 1 heterocycles. The molecule has 4 aliphatic carbocycles. The largest absolute Gasteiger partial charge is 0.456 e. The van der Waals surface area contributed by atoms with E-state index in [4.69, 9.17) is 23.7 Å². The fraction of sp³-hybridized carbons (Fsp3) is 0.491. The zero-order valence-corrected chi connectivity index (χ0v) is 40.6. The van der Waals surface area contributed by atoms with E-state index in [9.17, 15) is 39.3 Å². The van der Waals surface area contributed by atoms with Crippen LogP contribution in [0.4, 0.5) is 0 Å². The summed E-state index contributed by atoms with van der Waals surface area (Å²) in [7, 11) is 0. The van der Waals surface area contributed by atoms with Crippen molar-refractivity contribution in [1.82, 2.24) is 5.32 Å². The average Bonchev–Trinajstić information content (AvgIpc) is 3.32. The van der Waals surface area contributed by atoms with Crippen LogP contribution in [-0.4, -0.2) is 105 Å². The number of benzene rings is 3. The number of carbonyl (C=O) groups excluding carboxylic acids is 6. The molecule has 3 aromatic rings. The molecule has 2 bridgehead atoms. The Hall–Kier alpha value is -6.00. The fourth-order valence-electron chi connectivity index (χ4n) is 11.3. The molecule has 70 heavy (non-hydrogen) atoms. The van der Waals surface area contributed by atoms with Gasteiger partial charge in [0.1, 0.15) is 23.9 Å². The quantitative estimate of drug-likeness (QED) is 0.0952. The second kappa shape index (κ2) is 21.2. The van der Waals surface area contributed by atoms with Crippen LogP contribution in [0.2, 0.25) is 0 Å². The minimum absolute atomic E-state index is 0.00289. The number of fused-ring (bicyclic) bond motifs is 5. The van der Waals surface area contributed by atoms with Gasteiger partial charge in [-0.25, -0.2) is 9.59 Å². The second-order valence-electron chi connectivity index (χ2n) is 19.8. The first kappa shape index (κ1) is 51.8. The number of esters is 4. The number of allylic oxidation sites excluding steroid dienone is 2. The number of ketones is 1. The molecule has 5 aliphatic rings. The maximum atomic E-state index is 15.5. The SMILES string of the molecule is C1=CCCCCCC1.CC(=O)O[C@H]1C(=O)[C@@]2(C)[C@H]([C@H](OC(=O)c3ccccc3)[C@]3(O)C[C@H](OC(=O)[C@H](O)[C@@H](NC(=O)c4ccccc4)c4ccccc4)C(C)=C1C3(C)C)[C@]1(OC(C)=O)CO[C@@H]1C[C@@H]2O. The van der Waals surface area contributed by atoms with Gasteiger partial charge in [-0.3, -0.25) is 19.2 Å². The summed E-state index contributed by atoms with van der Waals surface area (Å²) in [6.45, 7) is 7.97. The standard InChI is InChI=1S/C47H51NO14.C8H14/c1-25-31(60-43(56)36(52)35(28-16-10-7-11-17-28)48-41(54)29-18-12-8-13-19-29)23-47(57)40(61-42(55)30-20-14-9-15-21-30)38-45(6,32(51)22-33-46(38,24-58-33)62-27(3)50)39(53)37(59-26(2)49)34(25)44(47,4)5;1-2-4-6-8-7-5-3-1/h7-21,31-33,35-38,40,51-52,57H,22-24H2,1-6H3,(H,48,54);1-2H,3-8H2/t31-,32-,33+,35-,36+,37+,38-,40-,45+,46-,47+;/m0./s1. The molecule has 8 rings (SSSR count). The fourth-order valence-corrected chi connectivity index (χ4v) is 11.3. The number of Topliss-reactive ketones (excluding diaryl/α,β-unsaturated/α-hetero) is 1. The van der Waals surface area contributed by atoms with Crippen molar-refractivity contribution in [3.8, 4) is 0 Å². The number of hydrogen-bond acceptors (Lipinski definition) is 14. The zero-order valence-electron chi connectivity index (χ0n) is 40.6. The minimum atomic E-state index is -2.39. The van der Waals surface area contributed by atoms with Gasteiger partial charge in [0.15, 0.2) is 23.6 Å². The topological polar surface area (TPSA) is 221 Å². The van der Waals surface area contributed by atoms with Crippen LogP contribution in [0.25, 0.3) is 0 Å². The van der Waals surface area contributed by atoms with Crippen molar-refractivity contribution in [2.75, 3.05) is 6.61 Å². The van der Waals surface area contributed by atoms with Crippen molar-refractivity contribution < 1.29 is 67.8 Å². The van der Waals surface area contributed by atoms with Crippen LogP contribution in [0.3, 0.4) is 0 Å². The Morgan fingerprint density at radius 1 is 0.771 bits per heavy atom. The summed E-state index contributed by atoms with van der Waals surface area (Å²) in [5.74, 6) is -6.84. The lowest BCUT2D eigenvalue weighted by Gasteiger charge is -2.67. The lowest BCUT2D eigenvalue weighted by Crippen LogP contribution is -2.82. The Morgan fingerprint density at radius 2 is 1.34 bits per heavy atom. The molecule has 0 unspecified atom stereocenters. The molecule has 1 amide bonds. The van der Waals surface area contributed by atoms with Gasteiger partial charge < -0.3 is 44.3 Å². The van der Waals surface area contributed by atoms with Crippen molar-refractivity contribution in [1.29, 1.82) is 0 Å². The van der Waals surface area contributed by atoms with Crippen molar-refractivity contribution in [3.05, 3.63) is 131 Å². The van der Waals surface area contributed by atoms with Gasteiger partial charge >= 0.3 is 23.9 Å². The Bertz CT molecular complexity index is 2460. The highest BCUT2D eigenvalue weighted by Gasteiger charge is 2.78. The molecule has 3 fully saturated rings. The molecule has 374 valence electrons. The Balaban J connectivity index is 0.000000820. The molecule has 1 aliphatic heterocycles. The van der Waals surface area contributed by atoms with E-state index in [-0.39, 0.29) is 35.3 Å². The Morgan fingerprint density at radius 3 is 1.89 bits per heavy atom. The average molecular weight is 964 g/mol. The highest BCUT2D eigenvalue weighted by atomic mass is 16.6. The van der Waals surface area contributed by atoms with Gasteiger partial charge in [-0.05, 0) is 80.5 Å². The highest BCUT2D eigenvalue weighted by molar-refractivity contribution is 5.96. The smallest absolute Gasteiger partial charge is 0.338 e. The van der Waals surface area contributed by atoms with Gasteiger partial charge in [0.2, 0.25) is 0 Å². The summed E-state index contributed by atoms with van der Waals surface area (Å²) in [6.07, 6.45) is 2.49. The van der Waals surface area contributed by atoms with Crippen LogP contribution in [0.15, 0.2) is 114 Å². The summed E-state index contributed by atoms with van der Waals surface area (Å²) < 4.78 is 30.3. The molecule has 0 radical (unpaired) electrons. The van der Waals surface area contributed by atoms with E-state index in [0.29, 0.717) is 5.56 Å². The van der Waals surface area contributed by atoms with Crippen LogP contribution in [0.5, 0.6) is 0 Å². The molecule has 0 aromatic heterocycles. The first-order chi connectivity index (χ1) is 33.3. The van der Waals surface area contributed by atoms with E-state index >= 15 is 4.79 Å². The van der Waals surface area contributed by atoms with Crippen molar-refractivity contribution in [2.45, 2.75) is 147 Å². The summed E-state index contributed by atoms with van der Waals surface area (Å²) in [5.41, 5.74) is -7.02. The number of amides is 1. The lowest BCUT2D eigenvalue weighted by atomic mass is 9.44. The Kier molecular flexibility index (Phi) is 15.7. The summed E-state index contributed by atoms with van der Waals surface area (Å²) >= 11 is 0. The van der Waals surface area contributed by atoms with E-state index < -0.39 is 113 Å². The van der Waals surface area contributed by atoms with E-state index in [2.05, 4.69) is 17.5 Å². The highest BCUT2D eigenvalue weighted by Crippen LogP contribution is 2.64. The van der Waals surface area contributed by atoms with E-state index in [1.165, 1.54) is 64.5 Å². The first-order valence-electron chi connectivity index (χ1n) is 24.1. The van der Waals surface area contributed by atoms with Crippen LogP contribution < -0.4 is 5.32 Å². The van der Waals surface area contributed by atoms with Crippen LogP contribution >= 0.6 is 0 Å². The van der Waals surface area contributed by atoms with Gasteiger partial charge in [-0.1, -0.05) is 106 Å². The predicted molar refractivity (Wildman–Crippen MR) is 255 cm³/mol. The number of ether oxygens (including phenoxy) is 5. The number of nitrogens with one attached hydrogen (secondary N) is 1. The maximum Gasteiger partial charge on any atom is 0.338 e. The summed E-state index contributed by atoms with van der Waals surface area (Å²) in [5, 5.41) is 40.2. The van der Waals surface area contributed by atoms with Crippen molar-refractivity contribution >= 4 is 35.6 Å². The van der Waals surface area contributed by atoms with Gasteiger partial charge in [0.05, 0.1) is 35.6 Å². The maximum absolute atomic E-state index is 15.5. The molecule has 3 aromatic carbocycles.